The van der Waals surface area contributed by atoms with Gasteiger partial charge in [0, 0.05) is 5.56 Å². The molecule has 0 saturated carbocycles. The number of rotatable bonds is 1. The Labute approximate surface area is 107 Å². The molecule has 0 saturated heterocycles. The molecule has 18 heavy (non-hydrogen) atoms. The number of hydrogen-bond donors (Lipinski definition) is 1. The van der Waals surface area contributed by atoms with Crippen LogP contribution >= 0.6 is 0 Å². The summed E-state index contributed by atoms with van der Waals surface area (Å²) in [6, 6.07) is 14.0. The number of aromatic hydroxyl groups is 1. The van der Waals surface area contributed by atoms with Crippen LogP contribution in [0.3, 0.4) is 0 Å². The largest absolute Gasteiger partial charge is 0.507 e. The SMILES string of the molecule is Oc1ccc2c(c1-c1ccccc1)CCCC=C2. The first kappa shape index (κ1) is 11.1. The molecule has 1 aliphatic carbocycles. The van der Waals surface area contributed by atoms with Gasteiger partial charge in [-0.3, -0.25) is 0 Å². The van der Waals surface area contributed by atoms with Gasteiger partial charge in [-0.05, 0) is 42.0 Å². The van der Waals surface area contributed by atoms with Gasteiger partial charge in [-0.15, -0.1) is 0 Å². The highest BCUT2D eigenvalue weighted by Gasteiger charge is 2.14. The van der Waals surface area contributed by atoms with Crippen molar-refractivity contribution in [1.82, 2.24) is 0 Å². The Balaban J connectivity index is 2.23. The first-order valence-electron chi connectivity index (χ1n) is 6.43. The fourth-order valence-corrected chi connectivity index (χ4v) is 2.61. The van der Waals surface area contributed by atoms with Gasteiger partial charge >= 0.3 is 0 Å². The van der Waals surface area contributed by atoms with Gasteiger partial charge in [-0.1, -0.05) is 48.6 Å². The molecule has 90 valence electrons. The quantitative estimate of drug-likeness (QED) is 0.777. The highest BCUT2D eigenvalue weighted by atomic mass is 16.3. The molecule has 0 fully saturated rings. The second-order valence-corrected chi connectivity index (χ2v) is 4.69. The molecular weight excluding hydrogens is 220 g/mol. The summed E-state index contributed by atoms with van der Waals surface area (Å²) in [6.45, 7) is 0. The number of benzene rings is 2. The maximum Gasteiger partial charge on any atom is 0.123 e. The summed E-state index contributed by atoms with van der Waals surface area (Å²) in [5, 5.41) is 10.2. The summed E-state index contributed by atoms with van der Waals surface area (Å²) in [5.41, 5.74) is 4.61. The van der Waals surface area contributed by atoms with Crippen LogP contribution in [0.2, 0.25) is 0 Å². The minimum absolute atomic E-state index is 0.384. The number of phenols is 1. The van der Waals surface area contributed by atoms with Gasteiger partial charge in [0.2, 0.25) is 0 Å². The van der Waals surface area contributed by atoms with Crippen molar-refractivity contribution in [2.45, 2.75) is 19.3 Å². The molecule has 1 heteroatoms. The molecule has 2 aromatic rings. The van der Waals surface area contributed by atoms with Crippen LogP contribution in [-0.4, -0.2) is 5.11 Å². The molecule has 0 bridgehead atoms. The third-order valence-electron chi connectivity index (χ3n) is 3.48. The molecule has 0 unspecified atom stereocenters. The van der Waals surface area contributed by atoms with E-state index in [0.29, 0.717) is 5.75 Å². The maximum absolute atomic E-state index is 10.2. The van der Waals surface area contributed by atoms with Crippen LogP contribution in [0.15, 0.2) is 48.5 Å². The maximum atomic E-state index is 10.2. The van der Waals surface area contributed by atoms with Crippen molar-refractivity contribution in [2.24, 2.45) is 0 Å². The minimum atomic E-state index is 0.384. The average molecular weight is 236 g/mol. The standard InChI is InChI=1S/C17H16O/c18-16-12-11-13-7-3-2-6-10-15(13)17(16)14-8-4-1-5-9-14/h1,3-5,7-9,11-12,18H,2,6,10H2. The Bertz CT molecular complexity index is 582. The highest BCUT2D eigenvalue weighted by molar-refractivity contribution is 5.78. The number of fused-ring (bicyclic) bond motifs is 1. The van der Waals surface area contributed by atoms with Gasteiger partial charge in [0.25, 0.3) is 0 Å². The number of allylic oxidation sites excluding steroid dienone is 1. The van der Waals surface area contributed by atoms with E-state index in [-0.39, 0.29) is 0 Å². The summed E-state index contributed by atoms with van der Waals surface area (Å²) in [7, 11) is 0. The van der Waals surface area contributed by atoms with E-state index in [2.05, 4.69) is 24.3 Å². The van der Waals surface area contributed by atoms with E-state index >= 15 is 0 Å². The topological polar surface area (TPSA) is 20.2 Å². The summed E-state index contributed by atoms with van der Waals surface area (Å²) in [5.74, 6) is 0.384. The highest BCUT2D eigenvalue weighted by Crippen LogP contribution is 2.37. The van der Waals surface area contributed by atoms with Crippen molar-refractivity contribution in [3.8, 4) is 16.9 Å². The molecule has 0 radical (unpaired) electrons. The van der Waals surface area contributed by atoms with E-state index in [1.54, 1.807) is 6.07 Å². The number of hydrogen-bond acceptors (Lipinski definition) is 1. The number of phenolic OH excluding ortho intramolecular Hbond substituents is 1. The predicted molar refractivity (Wildman–Crippen MR) is 75.5 cm³/mol. The first-order valence-corrected chi connectivity index (χ1v) is 6.43. The lowest BCUT2D eigenvalue weighted by atomic mass is 9.92. The van der Waals surface area contributed by atoms with Crippen LogP contribution < -0.4 is 0 Å². The van der Waals surface area contributed by atoms with Gasteiger partial charge in [0.1, 0.15) is 5.75 Å². The molecule has 0 atom stereocenters. The second kappa shape index (κ2) is 4.69. The minimum Gasteiger partial charge on any atom is -0.507 e. The lowest BCUT2D eigenvalue weighted by Gasteiger charge is -2.13. The zero-order valence-corrected chi connectivity index (χ0v) is 10.3. The Hall–Kier alpha value is -2.02. The summed E-state index contributed by atoms with van der Waals surface area (Å²) < 4.78 is 0. The van der Waals surface area contributed by atoms with Crippen molar-refractivity contribution < 1.29 is 5.11 Å². The van der Waals surface area contributed by atoms with Crippen LogP contribution in [0.1, 0.15) is 24.0 Å². The lowest BCUT2D eigenvalue weighted by Crippen LogP contribution is -1.93. The molecule has 0 heterocycles. The summed E-state index contributed by atoms with van der Waals surface area (Å²) >= 11 is 0. The Kier molecular flexibility index (Phi) is 2.89. The van der Waals surface area contributed by atoms with Gasteiger partial charge in [0.15, 0.2) is 0 Å². The summed E-state index contributed by atoms with van der Waals surface area (Å²) in [6.07, 6.45) is 7.68. The van der Waals surface area contributed by atoms with E-state index in [1.165, 1.54) is 11.1 Å². The van der Waals surface area contributed by atoms with E-state index in [4.69, 9.17) is 0 Å². The normalized spacial score (nSPS) is 14.0. The van der Waals surface area contributed by atoms with Crippen LogP contribution in [0.25, 0.3) is 17.2 Å². The molecule has 2 aromatic carbocycles. The van der Waals surface area contributed by atoms with Crippen LogP contribution in [0.5, 0.6) is 5.75 Å². The third kappa shape index (κ3) is 1.92. The van der Waals surface area contributed by atoms with Gasteiger partial charge in [-0.2, -0.15) is 0 Å². The molecule has 0 aromatic heterocycles. The molecule has 0 aliphatic heterocycles. The van der Waals surface area contributed by atoms with Crippen LogP contribution in [0, 0.1) is 0 Å². The van der Waals surface area contributed by atoms with Crippen LogP contribution in [-0.2, 0) is 6.42 Å². The molecule has 0 amide bonds. The van der Waals surface area contributed by atoms with Crippen molar-refractivity contribution >= 4 is 6.08 Å². The van der Waals surface area contributed by atoms with Crippen LogP contribution in [0.4, 0.5) is 0 Å². The van der Waals surface area contributed by atoms with Crippen molar-refractivity contribution in [3.05, 3.63) is 59.7 Å². The second-order valence-electron chi connectivity index (χ2n) is 4.69. The van der Waals surface area contributed by atoms with E-state index in [0.717, 1.165) is 30.4 Å². The van der Waals surface area contributed by atoms with E-state index in [1.807, 2.05) is 24.3 Å². The molecule has 1 nitrogen and oxygen atoms in total. The fourth-order valence-electron chi connectivity index (χ4n) is 2.61. The molecule has 0 spiro atoms. The third-order valence-corrected chi connectivity index (χ3v) is 3.48. The van der Waals surface area contributed by atoms with Crippen molar-refractivity contribution in [1.29, 1.82) is 0 Å². The smallest absolute Gasteiger partial charge is 0.123 e. The molecule has 1 aliphatic rings. The zero-order chi connectivity index (χ0) is 12.4. The predicted octanol–water partition coefficient (Wildman–Crippen LogP) is 4.41. The molecular formula is C17H16O. The zero-order valence-electron chi connectivity index (χ0n) is 10.3. The molecule has 1 N–H and O–H groups in total. The Morgan fingerprint density at radius 3 is 2.61 bits per heavy atom. The van der Waals surface area contributed by atoms with Crippen molar-refractivity contribution in [2.75, 3.05) is 0 Å². The lowest BCUT2D eigenvalue weighted by molar-refractivity contribution is 0.476. The monoisotopic (exact) mass is 236 g/mol. The van der Waals surface area contributed by atoms with Gasteiger partial charge in [-0.25, -0.2) is 0 Å². The fraction of sp³-hybridized carbons (Fsp3) is 0.176. The van der Waals surface area contributed by atoms with Gasteiger partial charge < -0.3 is 5.11 Å². The van der Waals surface area contributed by atoms with E-state index < -0.39 is 0 Å². The first-order chi connectivity index (χ1) is 8.86. The van der Waals surface area contributed by atoms with Gasteiger partial charge in [0.05, 0.1) is 0 Å². The average Bonchev–Trinajstić information content (AvgIpc) is 2.65. The molecule has 3 rings (SSSR count). The Morgan fingerprint density at radius 1 is 0.944 bits per heavy atom. The van der Waals surface area contributed by atoms with E-state index in [9.17, 15) is 5.11 Å². The summed E-state index contributed by atoms with van der Waals surface area (Å²) in [4.78, 5) is 0. The van der Waals surface area contributed by atoms with Crippen molar-refractivity contribution in [3.63, 3.8) is 0 Å². The Morgan fingerprint density at radius 2 is 1.78 bits per heavy atom.